The number of nitrogens with zero attached hydrogens (tertiary/aromatic N) is 1. The van der Waals surface area contributed by atoms with E-state index in [1.54, 1.807) is 0 Å². The molecule has 0 radical (unpaired) electrons. The molecule has 0 unspecified atom stereocenters. The molecule has 0 N–H and O–H groups in total. The standard InChI is InChI=1S/C12H14INO5/c13-6-4-9-12(18-11(16)17-9)5-7(6)19-14-8(12)2-1-3-10(14)15/h6-9H,1-5H2/t6-,7-,8-,9+,12+/m1/s1. The summed E-state index contributed by atoms with van der Waals surface area (Å²) in [4.78, 5) is 29.5. The molecule has 4 fully saturated rings. The number of carbonyl (C=O) groups is 2. The molecule has 1 spiro atoms. The summed E-state index contributed by atoms with van der Waals surface area (Å²) in [5.74, 6) is -0.00692. The van der Waals surface area contributed by atoms with Crippen molar-refractivity contribution in [1.29, 1.82) is 0 Å². The number of alkyl halides is 1. The molecular formula is C12H14INO5. The maximum Gasteiger partial charge on any atom is 0.509 e. The molecule has 3 heterocycles. The number of ether oxygens (including phenoxy) is 2. The smallest absolute Gasteiger partial charge is 0.427 e. The first-order chi connectivity index (χ1) is 9.10. The van der Waals surface area contributed by atoms with Crippen LogP contribution in [0.25, 0.3) is 0 Å². The number of piperidine rings is 1. The van der Waals surface area contributed by atoms with E-state index >= 15 is 0 Å². The van der Waals surface area contributed by atoms with Gasteiger partial charge in [0.25, 0.3) is 0 Å². The predicted octanol–water partition coefficient (Wildman–Crippen LogP) is 1.55. The second kappa shape index (κ2) is 3.97. The van der Waals surface area contributed by atoms with Gasteiger partial charge in [-0.3, -0.25) is 9.63 Å². The number of carbonyl (C=O) groups excluding carboxylic acids is 2. The molecule has 1 aliphatic carbocycles. The van der Waals surface area contributed by atoms with Crippen molar-refractivity contribution in [2.45, 2.75) is 59.9 Å². The SMILES string of the molecule is O=C1O[C@H]2C[C@@H](I)[C@H]3C[C@]2(O1)[C@H]1CCCC(=O)N1O3. The van der Waals surface area contributed by atoms with Crippen LogP contribution in [0.2, 0.25) is 0 Å². The third-order valence-corrected chi connectivity index (χ3v) is 5.94. The molecule has 7 heteroatoms. The van der Waals surface area contributed by atoms with E-state index in [9.17, 15) is 9.59 Å². The zero-order valence-electron chi connectivity index (χ0n) is 10.2. The number of amides is 1. The van der Waals surface area contributed by atoms with Gasteiger partial charge < -0.3 is 9.47 Å². The largest absolute Gasteiger partial charge is 0.509 e. The Morgan fingerprint density at radius 1 is 1.37 bits per heavy atom. The van der Waals surface area contributed by atoms with Crippen molar-refractivity contribution >= 4 is 34.7 Å². The average Bonchev–Trinajstić information content (AvgIpc) is 2.67. The van der Waals surface area contributed by atoms with Crippen molar-refractivity contribution in [2.24, 2.45) is 0 Å². The molecule has 1 amide bonds. The van der Waals surface area contributed by atoms with Gasteiger partial charge in [-0.1, -0.05) is 22.6 Å². The Hall–Kier alpha value is -0.570. The van der Waals surface area contributed by atoms with E-state index in [4.69, 9.17) is 14.3 Å². The van der Waals surface area contributed by atoms with Crippen molar-refractivity contribution in [2.75, 3.05) is 0 Å². The van der Waals surface area contributed by atoms with Crippen molar-refractivity contribution in [3.05, 3.63) is 0 Å². The molecule has 5 atom stereocenters. The molecular weight excluding hydrogens is 365 g/mol. The fraction of sp³-hybridized carbons (Fsp3) is 0.833. The molecule has 2 bridgehead atoms. The topological polar surface area (TPSA) is 65.1 Å². The molecule has 0 aromatic rings. The third kappa shape index (κ3) is 1.57. The van der Waals surface area contributed by atoms with E-state index in [1.807, 2.05) is 0 Å². The number of halogens is 1. The highest BCUT2D eigenvalue weighted by Gasteiger charge is 2.66. The summed E-state index contributed by atoms with van der Waals surface area (Å²) in [6, 6.07) is -0.189. The molecule has 1 saturated carbocycles. The lowest BCUT2D eigenvalue weighted by Crippen LogP contribution is -2.70. The summed E-state index contributed by atoms with van der Waals surface area (Å²) in [6.07, 6.45) is 2.55. The minimum atomic E-state index is -0.683. The summed E-state index contributed by atoms with van der Waals surface area (Å²) in [6.45, 7) is 0. The molecule has 3 aliphatic heterocycles. The molecule has 0 aromatic carbocycles. The van der Waals surface area contributed by atoms with E-state index in [0.29, 0.717) is 12.8 Å². The average molecular weight is 379 g/mol. The van der Waals surface area contributed by atoms with Crippen LogP contribution in [0.3, 0.4) is 0 Å². The Morgan fingerprint density at radius 2 is 2.21 bits per heavy atom. The van der Waals surface area contributed by atoms with Crippen LogP contribution in [-0.2, 0) is 19.1 Å². The van der Waals surface area contributed by atoms with Crippen LogP contribution in [0.4, 0.5) is 4.79 Å². The molecule has 104 valence electrons. The number of rotatable bonds is 0. The van der Waals surface area contributed by atoms with Crippen molar-refractivity contribution in [1.82, 2.24) is 5.06 Å². The van der Waals surface area contributed by atoms with Gasteiger partial charge in [0, 0.05) is 23.2 Å². The van der Waals surface area contributed by atoms with Crippen LogP contribution in [0.1, 0.15) is 32.1 Å². The molecule has 4 rings (SSSR count). The molecule has 3 saturated heterocycles. The van der Waals surface area contributed by atoms with Gasteiger partial charge in [0.1, 0.15) is 18.2 Å². The second-order valence-corrected chi connectivity index (χ2v) is 7.24. The van der Waals surface area contributed by atoms with E-state index in [2.05, 4.69) is 22.6 Å². The fourth-order valence-corrected chi connectivity index (χ4v) is 4.62. The van der Waals surface area contributed by atoms with Gasteiger partial charge in [-0.25, -0.2) is 9.86 Å². The van der Waals surface area contributed by atoms with Gasteiger partial charge in [-0.2, -0.15) is 0 Å². The van der Waals surface area contributed by atoms with Gasteiger partial charge in [0.15, 0.2) is 5.60 Å². The maximum atomic E-state index is 12.1. The quantitative estimate of drug-likeness (QED) is 0.363. The first kappa shape index (κ1) is 12.2. The monoisotopic (exact) mass is 379 g/mol. The van der Waals surface area contributed by atoms with Crippen LogP contribution in [0.15, 0.2) is 0 Å². The predicted molar refractivity (Wildman–Crippen MR) is 70.5 cm³/mol. The van der Waals surface area contributed by atoms with E-state index in [0.717, 1.165) is 19.3 Å². The van der Waals surface area contributed by atoms with Gasteiger partial charge in [0.2, 0.25) is 5.91 Å². The number of hydrogen-bond acceptors (Lipinski definition) is 5. The van der Waals surface area contributed by atoms with Crippen molar-refractivity contribution < 1.29 is 23.9 Å². The maximum absolute atomic E-state index is 12.1. The minimum Gasteiger partial charge on any atom is -0.427 e. The third-order valence-electron chi connectivity index (χ3n) is 4.63. The lowest BCUT2D eigenvalue weighted by Gasteiger charge is -2.54. The van der Waals surface area contributed by atoms with Gasteiger partial charge >= 0.3 is 6.16 Å². The summed E-state index contributed by atoms with van der Waals surface area (Å²) >= 11 is 2.30. The Labute approximate surface area is 123 Å². The highest BCUT2D eigenvalue weighted by molar-refractivity contribution is 14.1. The van der Waals surface area contributed by atoms with Crippen molar-refractivity contribution in [3.8, 4) is 0 Å². The molecule has 6 nitrogen and oxygen atoms in total. The zero-order chi connectivity index (χ0) is 13.2. The second-order valence-electron chi connectivity index (χ2n) is 5.64. The van der Waals surface area contributed by atoms with Crippen LogP contribution < -0.4 is 0 Å². The molecule has 0 aromatic heterocycles. The minimum absolute atomic E-state index is 0.00692. The normalized spacial score (nSPS) is 48.2. The number of fused-ring (bicyclic) bond motifs is 2. The fourth-order valence-electron chi connectivity index (χ4n) is 3.77. The van der Waals surface area contributed by atoms with Crippen LogP contribution in [0, 0.1) is 0 Å². The highest BCUT2D eigenvalue weighted by Crippen LogP contribution is 2.51. The van der Waals surface area contributed by atoms with Gasteiger partial charge in [-0.05, 0) is 12.8 Å². The first-order valence-corrected chi connectivity index (χ1v) is 7.87. The Bertz CT molecular complexity index is 457. The highest BCUT2D eigenvalue weighted by atomic mass is 127. The summed E-state index contributed by atoms with van der Waals surface area (Å²) in [5.41, 5.74) is -0.683. The van der Waals surface area contributed by atoms with Crippen LogP contribution >= 0.6 is 22.6 Å². The molecule has 4 aliphatic rings. The summed E-state index contributed by atoms with van der Waals surface area (Å²) in [5, 5.41) is 1.47. The first-order valence-electron chi connectivity index (χ1n) is 6.63. The van der Waals surface area contributed by atoms with Gasteiger partial charge in [0.05, 0.1) is 0 Å². The number of hydroxylamine groups is 2. The lowest BCUT2D eigenvalue weighted by atomic mass is 9.72. The van der Waals surface area contributed by atoms with E-state index in [-0.39, 0.29) is 28.1 Å². The van der Waals surface area contributed by atoms with E-state index < -0.39 is 11.8 Å². The Morgan fingerprint density at radius 3 is 3.05 bits per heavy atom. The number of hydrogen-bond donors (Lipinski definition) is 0. The summed E-state index contributed by atoms with van der Waals surface area (Å²) in [7, 11) is 0. The Kier molecular flexibility index (Phi) is 2.55. The molecule has 19 heavy (non-hydrogen) atoms. The summed E-state index contributed by atoms with van der Waals surface area (Å²) < 4.78 is 11.1. The van der Waals surface area contributed by atoms with Gasteiger partial charge in [-0.15, -0.1) is 0 Å². The Balaban J connectivity index is 1.77. The van der Waals surface area contributed by atoms with Crippen LogP contribution in [0.5, 0.6) is 0 Å². The van der Waals surface area contributed by atoms with E-state index in [1.165, 1.54) is 5.06 Å². The lowest BCUT2D eigenvalue weighted by molar-refractivity contribution is -0.301. The van der Waals surface area contributed by atoms with Crippen molar-refractivity contribution in [3.63, 3.8) is 0 Å². The van der Waals surface area contributed by atoms with Crippen LogP contribution in [-0.4, -0.2) is 44.9 Å². The zero-order valence-corrected chi connectivity index (χ0v) is 12.4.